The van der Waals surface area contributed by atoms with Gasteiger partial charge in [0.05, 0.1) is 0 Å². The molecule has 6 nitrogen and oxygen atoms in total. The van der Waals surface area contributed by atoms with Crippen molar-refractivity contribution in [2.24, 2.45) is 0 Å². The molecular formula is C17H18N2O4. The van der Waals surface area contributed by atoms with Gasteiger partial charge in [-0.05, 0) is 31.2 Å². The van der Waals surface area contributed by atoms with Gasteiger partial charge < -0.3 is 20.1 Å². The Morgan fingerprint density at radius 1 is 0.870 bits per heavy atom. The highest BCUT2D eigenvalue weighted by Crippen LogP contribution is 2.09. The smallest absolute Gasteiger partial charge is 0.410 e. The first-order valence-corrected chi connectivity index (χ1v) is 7.17. The van der Waals surface area contributed by atoms with Gasteiger partial charge in [-0.2, -0.15) is 0 Å². The summed E-state index contributed by atoms with van der Waals surface area (Å²) in [4.78, 5) is 23.3. The van der Waals surface area contributed by atoms with E-state index in [4.69, 9.17) is 9.47 Å². The highest BCUT2D eigenvalue weighted by molar-refractivity contribution is 5.72. The molecule has 2 rings (SSSR count). The number of carbonyl (C=O) groups excluding carboxylic acids is 2. The molecule has 6 heteroatoms. The summed E-state index contributed by atoms with van der Waals surface area (Å²) < 4.78 is 10.2. The second-order valence-corrected chi connectivity index (χ2v) is 4.83. The lowest BCUT2D eigenvalue weighted by Crippen LogP contribution is -2.43. The third-order valence-electron chi connectivity index (χ3n) is 2.82. The van der Waals surface area contributed by atoms with E-state index in [-0.39, 0.29) is 12.6 Å². The number of rotatable bonds is 5. The van der Waals surface area contributed by atoms with E-state index in [1.54, 1.807) is 55.5 Å². The van der Waals surface area contributed by atoms with Gasteiger partial charge in [-0.25, -0.2) is 9.59 Å². The lowest BCUT2D eigenvalue weighted by Gasteiger charge is -2.14. The predicted molar refractivity (Wildman–Crippen MR) is 85.5 cm³/mol. The number of carbonyl (C=O) groups is 2. The lowest BCUT2D eigenvalue weighted by molar-refractivity contribution is 0.191. The van der Waals surface area contributed by atoms with Gasteiger partial charge >= 0.3 is 12.2 Å². The van der Waals surface area contributed by atoms with Crippen LogP contribution in [0.3, 0.4) is 0 Å². The minimum atomic E-state index is -0.582. The van der Waals surface area contributed by atoms with Crippen LogP contribution >= 0.6 is 0 Å². The average Bonchev–Trinajstić information content (AvgIpc) is 2.55. The minimum Gasteiger partial charge on any atom is -0.410 e. The van der Waals surface area contributed by atoms with E-state index in [9.17, 15) is 9.59 Å². The summed E-state index contributed by atoms with van der Waals surface area (Å²) in [6.45, 7) is 1.96. The van der Waals surface area contributed by atoms with Gasteiger partial charge in [0, 0.05) is 12.6 Å². The lowest BCUT2D eigenvalue weighted by atomic mass is 10.3. The van der Waals surface area contributed by atoms with E-state index in [1.807, 2.05) is 12.1 Å². The molecule has 0 radical (unpaired) electrons. The zero-order valence-corrected chi connectivity index (χ0v) is 12.7. The molecule has 0 saturated carbocycles. The Balaban J connectivity index is 1.69. The van der Waals surface area contributed by atoms with Crippen molar-refractivity contribution in [3.8, 4) is 11.5 Å². The van der Waals surface area contributed by atoms with Crippen molar-refractivity contribution in [1.29, 1.82) is 0 Å². The topological polar surface area (TPSA) is 76.7 Å². The van der Waals surface area contributed by atoms with E-state index in [2.05, 4.69) is 10.6 Å². The van der Waals surface area contributed by atoms with Crippen LogP contribution < -0.4 is 20.1 Å². The normalized spacial score (nSPS) is 11.2. The molecule has 120 valence electrons. The van der Waals surface area contributed by atoms with Gasteiger partial charge in [-0.1, -0.05) is 36.4 Å². The Kier molecular flexibility index (Phi) is 5.99. The summed E-state index contributed by atoms with van der Waals surface area (Å²) in [5.74, 6) is 0.905. The maximum atomic E-state index is 11.7. The first-order valence-electron chi connectivity index (χ1n) is 7.17. The molecule has 0 aliphatic heterocycles. The average molecular weight is 314 g/mol. The van der Waals surface area contributed by atoms with Crippen LogP contribution in [0.2, 0.25) is 0 Å². The van der Waals surface area contributed by atoms with E-state index < -0.39 is 12.2 Å². The number of hydrogen-bond acceptors (Lipinski definition) is 4. The Bertz CT molecular complexity index is 632. The maximum absolute atomic E-state index is 11.7. The molecular weight excluding hydrogens is 296 g/mol. The summed E-state index contributed by atoms with van der Waals surface area (Å²) in [5, 5.41) is 5.18. The second-order valence-electron chi connectivity index (χ2n) is 4.83. The zero-order valence-electron chi connectivity index (χ0n) is 12.7. The molecule has 0 aliphatic rings. The molecule has 0 aromatic heterocycles. The van der Waals surface area contributed by atoms with Gasteiger partial charge in [0.15, 0.2) is 0 Å². The summed E-state index contributed by atoms with van der Waals surface area (Å²) >= 11 is 0. The fourth-order valence-corrected chi connectivity index (χ4v) is 1.75. The van der Waals surface area contributed by atoms with Crippen molar-refractivity contribution in [3.05, 3.63) is 60.7 Å². The van der Waals surface area contributed by atoms with Crippen LogP contribution in [-0.2, 0) is 0 Å². The van der Waals surface area contributed by atoms with Crippen molar-refractivity contribution in [2.45, 2.75) is 13.0 Å². The number of amides is 2. The molecule has 0 bridgehead atoms. The second kappa shape index (κ2) is 8.43. The van der Waals surface area contributed by atoms with E-state index >= 15 is 0 Å². The minimum absolute atomic E-state index is 0.218. The monoisotopic (exact) mass is 314 g/mol. The van der Waals surface area contributed by atoms with Crippen molar-refractivity contribution in [2.75, 3.05) is 6.54 Å². The van der Waals surface area contributed by atoms with Gasteiger partial charge in [-0.15, -0.1) is 0 Å². The molecule has 0 aliphatic carbocycles. The Morgan fingerprint density at radius 2 is 1.35 bits per heavy atom. The zero-order chi connectivity index (χ0) is 16.5. The molecule has 2 aromatic carbocycles. The largest absolute Gasteiger partial charge is 0.412 e. The van der Waals surface area contributed by atoms with Crippen LogP contribution in [0.1, 0.15) is 6.92 Å². The molecule has 1 atom stereocenters. The molecule has 2 amide bonds. The fourth-order valence-electron chi connectivity index (χ4n) is 1.75. The van der Waals surface area contributed by atoms with Crippen LogP contribution in [0, 0.1) is 0 Å². The third-order valence-corrected chi connectivity index (χ3v) is 2.82. The maximum Gasteiger partial charge on any atom is 0.412 e. The van der Waals surface area contributed by atoms with Gasteiger partial charge in [0.2, 0.25) is 0 Å². The first-order chi connectivity index (χ1) is 11.1. The molecule has 0 unspecified atom stereocenters. The molecule has 0 fully saturated rings. The summed E-state index contributed by atoms with van der Waals surface area (Å²) in [6, 6.07) is 17.1. The highest BCUT2D eigenvalue weighted by atomic mass is 16.6. The van der Waals surface area contributed by atoms with E-state index in [0.717, 1.165) is 0 Å². The van der Waals surface area contributed by atoms with Gasteiger partial charge in [0.25, 0.3) is 0 Å². The van der Waals surface area contributed by atoms with E-state index in [1.165, 1.54) is 0 Å². The molecule has 0 saturated heterocycles. The van der Waals surface area contributed by atoms with Crippen LogP contribution in [0.25, 0.3) is 0 Å². The van der Waals surface area contributed by atoms with Crippen LogP contribution in [-0.4, -0.2) is 24.8 Å². The molecule has 2 N–H and O–H groups in total. The van der Waals surface area contributed by atoms with Gasteiger partial charge in [-0.3, -0.25) is 0 Å². The van der Waals surface area contributed by atoms with Gasteiger partial charge in [0.1, 0.15) is 11.5 Å². The number of hydrogen-bond donors (Lipinski definition) is 2. The molecule has 0 heterocycles. The van der Waals surface area contributed by atoms with Crippen LogP contribution in [0.5, 0.6) is 11.5 Å². The molecule has 23 heavy (non-hydrogen) atoms. The summed E-state index contributed by atoms with van der Waals surface area (Å²) in [7, 11) is 0. The molecule has 0 spiro atoms. The van der Waals surface area contributed by atoms with Crippen LogP contribution in [0.15, 0.2) is 60.7 Å². The summed E-state index contributed by atoms with van der Waals surface area (Å²) in [6.07, 6.45) is -1.16. The first kappa shape index (κ1) is 16.4. The SMILES string of the molecule is C[C@H](CNC(=O)Oc1ccccc1)NC(=O)Oc1ccccc1. The van der Waals surface area contributed by atoms with E-state index in [0.29, 0.717) is 11.5 Å². The number of benzene rings is 2. The van der Waals surface area contributed by atoms with Crippen molar-refractivity contribution >= 4 is 12.2 Å². The van der Waals surface area contributed by atoms with Crippen molar-refractivity contribution in [1.82, 2.24) is 10.6 Å². The highest BCUT2D eigenvalue weighted by Gasteiger charge is 2.11. The van der Waals surface area contributed by atoms with Crippen molar-refractivity contribution < 1.29 is 19.1 Å². The quantitative estimate of drug-likeness (QED) is 0.889. The Hall–Kier alpha value is -3.02. The molecule has 2 aromatic rings. The summed E-state index contributed by atoms with van der Waals surface area (Å²) in [5.41, 5.74) is 0. The Labute approximate surface area is 134 Å². The fraction of sp³-hybridized carbons (Fsp3) is 0.176. The predicted octanol–water partition coefficient (Wildman–Crippen LogP) is 2.95. The number of para-hydroxylation sites is 2. The van der Waals surface area contributed by atoms with Crippen LogP contribution in [0.4, 0.5) is 9.59 Å². The van der Waals surface area contributed by atoms with Crippen molar-refractivity contribution in [3.63, 3.8) is 0 Å². The number of ether oxygens (including phenoxy) is 2. The Morgan fingerprint density at radius 3 is 1.87 bits per heavy atom. The standard InChI is InChI=1S/C17H18N2O4/c1-13(19-17(21)23-15-10-6-3-7-11-15)12-18-16(20)22-14-8-4-2-5-9-14/h2-11,13H,12H2,1H3,(H,18,20)(H,19,21)/t13-/m1/s1. The third kappa shape index (κ3) is 6.09. The number of nitrogens with one attached hydrogen (secondary N) is 2.